The molecule has 1 saturated carbocycles. The number of carbonyl (C=O) groups is 1. The Morgan fingerprint density at radius 1 is 1.21 bits per heavy atom. The Hall–Kier alpha value is -2.87. The molecule has 0 saturated heterocycles. The largest absolute Gasteiger partial charge is 0.369 e. The Bertz CT molecular complexity index is 846. The van der Waals surface area contributed by atoms with Crippen molar-refractivity contribution in [3.05, 3.63) is 53.7 Å². The van der Waals surface area contributed by atoms with Crippen molar-refractivity contribution >= 4 is 17.4 Å². The van der Waals surface area contributed by atoms with Crippen LogP contribution in [0.1, 0.15) is 61.9 Å². The normalized spacial score (nSPS) is 15.2. The van der Waals surface area contributed by atoms with Gasteiger partial charge in [-0.25, -0.2) is 4.98 Å². The van der Waals surface area contributed by atoms with Crippen LogP contribution in [-0.4, -0.2) is 17.4 Å². The van der Waals surface area contributed by atoms with E-state index in [0.717, 1.165) is 49.9 Å². The number of rotatable bonds is 7. The summed E-state index contributed by atoms with van der Waals surface area (Å²) in [4.78, 5) is 17.1. The number of carbonyl (C=O) groups excluding carboxylic acids is 1. The average molecular weight is 377 g/mol. The summed E-state index contributed by atoms with van der Waals surface area (Å²) < 4.78 is 0. The maximum atomic E-state index is 12.7. The second-order valence-electron chi connectivity index (χ2n) is 7.94. The van der Waals surface area contributed by atoms with Gasteiger partial charge in [0.05, 0.1) is 17.0 Å². The van der Waals surface area contributed by atoms with Gasteiger partial charge in [-0.05, 0) is 55.0 Å². The Balaban J connectivity index is 1.69. The Morgan fingerprint density at radius 2 is 1.93 bits per heavy atom. The van der Waals surface area contributed by atoms with Gasteiger partial charge >= 0.3 is 0 Å². The summed E-state index contributed by atoms with van der Waals surface area (Å²) in [6.07, 6.45) is 6.72. The second-order valence-corrected chi connectivity index (χ2v) is 7.94. The lowest BCUT2D eigenvalue weighted by Gasteiger charge is -2.21. The van der Waals surface area contributed by atoms with Crippen LogP contribution in [0.15, 0.2) is 42.6 Å². The van der Waals surface area contributed by atoms with E-state index in [1.165, 1.54) is 0 Å². The van der Waals surface area contributed by atoms with Crippen molar-refractivity contribution in [1.29, 1.82) is 5.26 Å². The van der Waals surface area contributed by atoms with E-state index in [9.17, 15) is 10.1 Å². The molecule has 2 aromatic rings. The second kappa shape index (κ2) is 8.88. The fourth-order valence-electron chi connectivity index (χ4n) is 3.72. The molecule has 1 aliphatic carbocycles. The topological polar surface area (TPSA) is 77.8 Å². The van der Waals surface area contributed by atoms with Gasteiger partial charge in [0.1, 0.15) is 5.82 Å². The molecule has 0 spiro atoms. The minimum Gasteiger partial charge on any atom is -0.369 e. The highest BCUT2D eigenvalue weighted by atomic mass is 16.1. The number of pyridine rings is 1. The first kappa shape index (κ1) is 19.9. The van der Waals surface area contributed by atoms with E-state index in [0.29, 0.717) is 17.3 Å². The van der Waals surface area contributed by atoms with Crippen molar-refractivity contribution < 1.29 is 4.79 Å². The van der Waals surface area contributed by atoms with E-state index < -0.39 is 0 Å². The molecule has 1 aromatic carbocycles. The average Bonchev–Trinajstić information content (AvgIpc) is 3.19. The predicted octanol–water partition coefficient (Wildman–Crippen LogP) is 5.13. The highest BCUT2D eigenvalue weighted by Crippen LogP contribution is 2.40. The number of anilines is 2. The molecular weight excluding hydrogens is 348 g/mol. The van der Waals surface area contributed by atoms with Crippen LogP contribution in [0, 0.1) is 17.2 Å². The van der Waals surface area contributed by atoms with Crippen molar-refractivity contribution in [2.24, 2.45) is 5.92 Å². The summed E-state index contributed by atoms with van der Waals surface area (Å²) in [6.45, 7) is 5.11. The first-order valence-corrected chi connectivity index (χ1v) is 10.1. The fourth-order valence-corrected chi connectivity index (χ4v) is 3.72. The van der Waals surface area contributed by atoms with Gasteiger partial charge in [0.15, 0.2) is 0 Å². The third-order valence-corrected chi connectivity index (χ3v) is 5.43. The smallest absolute Gasteiger partial charge is 0.259 e. The van der Waals surface area contributed by atoms with Gasteiger partial charge in [-0.2, -0.15) is 5.26 Å². The molecule has 3 rings (SSSR count). The molecule has 0 aliphatic heterocycles. The number of hydrogen-bond donors (Lipinski definition) is 2. The van der Waals surface area contributed by atoms with E-state index >= 15 is 0 Å². The molecule has 1 aliphatic rings. The molecular formula is C23H28N4O. The van der Waals surface area contributed by atoms with Crippen LogP contribution in [0.4, 0.5) is 11.5 Å². The summed E-state index contributed by atoms with van der Waals surface area (Å²) in [7, 11) is 0. The summed E-state index contributed by atoms with van der Waals surface area (Å²) >= 11 is 0. The molecule has 0 unspecified atom stereocenters. The highest BCUT2D eigenvalue weighted by molar-refractivity contribution is 6.07. The Morgan fingerprint density at radius 3 is 2.57 bits per heavy atom. The standard InChI is InChI=1S/C23H28N4O/c1-17(2)11-15-26-21-20(6-5-14-25-21)22(28)27-19-9-7-18(8-10-19)23(16-24)12-3-4-13-23/h5-10,14,17H,3-4,11-13,15H2,1-2H3,(H,25,26)(H,27,28). The van der Waals surface area contributed by atoms with Crippen LogP contribution in [0.2, 0.25) is 0 Å². The van der Waals surface area contributed by atoms with E-state index in [4.69, 9.17) is 0 Å². The Labute approximate surface area is 167 Å². The van der Waals surface area contributed by atoms with Crippen molar-refractivity contribution in [3.63, 3.8) is 0 Å². The third-order valence-electron chi connectivity index (χ3n) is 5.43. The van der Waals surface area contributed by atoms with Gasteiger partial charge in [-0.3, -0.25) is 4.79 Å². The molecule has 2 N–H and O–H groups in total. The molecule has 5 heteroatoms. The van der Waals surface area contributed by atoms with Gasteiger partial charge in [-0.15, -0.1) is 0 Å². The highest BCUT2D eigenvalue weighted by Gasteiger charge is 2.35. The van der Waals surface area contributed by atoms with E-state index in [1.54, 1.807) is 18.3 Å². The lowest BCUT2D eigenvalue weighted by atomic mass is 9.80. The summed E-state index contributed by atoms with van der Waals surface area (Å²) in [5.41, 5.74) is 1.93. The molecule has 146 valence electrons. The van der Waals surface area contributed by atoms with Crippen molar-refractivity contribution in [2.75, 3.05) is 17.2 Å². The van der Waals surface area contributed by atoms with E-state index in [2.05, 4.69) is 35.5 Å². The van der Waals surface area contributed by atoms with E-state index in [1.807, 2.05) is 24.3 Å². The monoisotopic (exact) mass is 376 g/mol. The molecule has 28 heavy (non-hydrogen) atoms. The summed E-state index contributed by atoms with van der Waals surface area (Å²) in [5, 5.41) is 15.8. The lowest BCUT2D eigenvalue weighted by molar-refractivity contribution is 0.102. The fraction of sp³-hybridized carbons (Fsp3) is 0.435. The van der Waals surface area contributed by atoms with Crippen molar-refractivity contribution in [1.82, 2.24) is 4.98 Å². The minimum absolute atomic E-state index is 0.191. The number of nitriles is 1. The van der Waals surface area contributed by atoms with Gasteiger partial charge in [0.2, 0.25) is 0 Å². The molecule has 0 radical (unpaired) electrons. The molecule has 0 atom stereocenters. The van der Waals surface area contributed by atoms with Gasteiger partial charge in [0, 0.05) is 18.4 Å². The molecule has 1 fully saturated rings. The van der Waals surface area contributed by atoms with Crippen LogP contribution in [-0.2, 0) is 5.41 Å². The number of benzene rings is 1. The van der Waals surface area contributed by atoms with Crippen LogP contribution >= 0.6 is 0 Å². The maximum Gasteiger partial charge on any atom is 0.259 e. The first-order valence-electron chi connectivity index (χ1n) is 10.1. The van der Waals surface area contributed by atoms with Crippen LogP contribution in [0.3, 0.4) is 0 Å². The van der Waals surface area contributed by atoms with E-state index in [-0.39, 0.29) is 11.3 Å². The SMILES string of the molecule is CC(C)CCNc1ncccc1C(=O)Nc1ccc(C2(C#N)CCCC2)cc1. The number of nitrogens with zero attached hydrogens (tertiary/aromatic N) is 2. The van der Waals surface area contributed by atoms with Crippen LogP contribution in [0.5, 0.6) is 0 Å². The molecule has 0 bridgehead atoms. The molecule has 1 amide bonds. The van der Waals surface area contributed by atoms with Crippen molar-refractivity contribution in [3.8, 4) is 6.07 Å². The molecule has 1 heterocycles. The zero-order valence-corrected chi connectivity index (χ0v) is 16.7. The number of hydrogen-bond acceptors (Lipinski definition) is 4. The number of aromatic nitrogens is 1. The number of nitrogens with one attached hydrogen (secondary N) is 2. The quantitative estimate of drug-likeness (QED) is 0.702. The number of amides is 1. The zero-order valence-electron chi connectivity index (χ0n) is 16.7. The summed E-state index contributed by atoms with van der Waals surface area (Å²) in [5.74, 6) is 0.999. The zero-order chi connectivity index (χ0) is 20.0. The van der Waals surface area contributed by atoms with Crippen LogP contribution < -0.4 is 10.6 Å². The third kappa shape index (κ3) is 4.51. The van der Waals surface area contributed by atoms with Crippen molar-refractivity contribution in [2.45, 2.75) is 51.4 Å². The minimum atomic E-state index is -0.362. The lowest BCUT2D eigenvalue weighted by Crippen LogP contribution is -2.19. The first-order chi connectivity index (χ1) is 13.5. The van der Waals surface area contributed by atoms with Crippen LogP contribution in [0.25, 0.3) is 0 Å². The van der Waals surface area contributed by atoms with Gasteiger partial charge in [-0.1, -0.05) is 38.8 Å². The molecule has 1 aromatic heterocycles. The van der Waals surface area contributed by atoms with Gasteiger partial charge in [0.25, 0.3) is 5.91 Å². The maximum absolute atomic E-state index is 12.7. The molecule has 5 nitrogen and oxygen atoms in total. The summed E-state index contributed by atoms with van der Waals surface area (Å²) in [6, 6.07) is 13.8. The Kier molecular flexibility index (Phi) is 6.30. The van der Waals surface area contributed by atoms with Gasteiger partial charge < -0.3 is 10.6 Å². The predicted molar refractivity (Wildman–Crippen MR) is 112 cm³/mol.